The Bertz CT molecular complexity index is 1070. The smallest absolute Gasteiger partial charge is 0.319 e. The number of anilines is 3. The lowest BCUT2D eigenvalue weighted by atomic mass is 10.1. The topological polar surface area (TPSA) is 99.6 Å². The Morgan fingerprint density at radius 1 is 1.13 bits per heavy atom. The van der Waals surface area contributed by atoms with E-state index in [4.69, 9.17) is 0 Å². The molecule has 0 unspecified atom stereocenters. The third kappa shape index (κ3) is 4.53. The number of nitrogens with zero attached hydrogens (tertiary/aromatic N) is 2. The maximum Gasteiger partial charge on any atom is 0.319 e. The molecular formula is C22H28N6O2. The number of aryl methyl sites for hydroxylation is 2. The summed E-state index contributed by atoms with van der Waals surface area (Å²) < 4.78 is 1.90. The standard InChI is InChI=1S/C22H28N6O2/c1-5-9-25-21(29)17-13-28-11-10-24-20(19(28)15(17)4)27-18-12-16(8-7-14(18)3)26-22(30)23-6-2/h7-8,10-13H,5-6,9H2,1-4H3,(H,24,27)(H,25,29)(H2,23,26,30). The summed E-state index contributed by atoms with van der Waals surface area (Å²) in [4.78, 5) is 28.8. The molecule has 0 saturated heterocycles. The molecule has 30 heavy (non-hydrogen) atoms. The van der Waals surface area contributed by atoms with Crippen LogP contribution in [-0.2, 0) is 0 Å². The van der Waals surface area contributed by atoms with Gasteiger partial charge in [-0.3, -0.25) is 4.79 Å². The summed E-state index contributed by atoms with van der Waals surface area (Å²) in [5.41, 5.74) is 4.82. The van der Waals surface area contributed by atoms with Crippen molar-refractivity contribution in [3.8, 4) is 0 Å². The minimum absolute atomic E-state index is 0.0895. The molecule has 3 amide bonds. The number of aromatic nitrogens is 2. The molecule has 0 spiro atoms. The Balaban J connectivity index is 1.93. The largest absolute Gasteiger partial charge is 0.352 e. The summed E-state index contributed by atoms with van der Waals surface area (Å²) in [6.45, 7) is 8.97. The zero-order valence-electron chi connectivity index (χ0n) is 17.8. The van der Waals surface area contributed by atoms with Crippen LogP contribution in [0.1, 0.15) is 41.8 Å². The fourth-order valence-corrected chi connectivity index (χ4v) is 3.23. The van der Waals surface area contributed by atoms with Crippen molar-refractivity contribution < 1.29 is 9.59 Å². The van der Waals surface area contributed by atoms with E-state index in [0.29, 0.717) is 30.2 Å². The van der Waals surface area contributed by atoms with Gasteiger partial charge in [-0.2, -0.15) is 0 Å². The van der Waals surface area contributed by atoms with Crippen LogP contribution in [0.15, 0.2) is 36.8 Å². The average molecular weight is 409 g/mol. The molecule has 0 saturated carbocycles. The first kappa shape index (κ1) is 21.2. The van der Waals surface area contributed by atoms with Crippen molar-refractivity contribution in [1.29, 1.82) is 0 Å². The van der Waals surface area contributed by atoms with Gasteiger partial charge in [-0.05, 0) is 50.5 Å². The molecule has 1 aromatic carbocycles. The van der Waals surface area contributed by atoms with Crippen LogP contribution in [-0.4, -0.2) is 34.4 Å². The van der Waals surface area contributed by atoms with Crippen LogP contribution < -0.4 is 21.3 Å². The van der Waals surface area contributed by atoms with Crippen LogP contribution in [0.5, 0.6) is 0 Å². The zero-order chi connectivity index (χ0) is 21.7. The van der Waals surface area contributed by atoms with Gasteiger partial charge in [-0.25, -0.2) is 9.78 Å². The van der Waals surface area contributed by atoms with Gasteiger partial charge in [0.05, 0.1) is 11.1 Å². The number of rotatable bonds is 7. The first-order valence-corrected chi connectivity index (χ1v) is 10.1. The van der Waals surface area contributed by atoms with Gasteiger partial charge in [-0.15, -0.1) is 0 Å². The number of nitrogens with one attached hydrogen (secondary N) is 4. The molecule has 2 aromatic heterocycles. The maximum atomic E-state index is 12.5. The first-order valence-electron chi connectivity index (χ1n) is 10.1. The third-order valence-electron chi connectivity index (χ3n) is 4.81. The molecule has 2 heterocycles. The van der Waals surface area contributed by atoms with Crippen LogP contribution in [0.4, 0.5) is 22.0 Å². The van der Waals surface area contributed by atoms with E-state index in [-0.39, 0.29) is 11.9 Å². The van der Waals surface area contributed by atoms with E-state index in [9.17, 15) is 9.59 Å². The summed E-state index contributed by atoms with van der Waals surface area (Å²) >= 11 is 0. The fraction of sp³-hybridized carbons (Fsp3) is 0.318. The van der Waals surface area contributed by atoms with Crippen LogP contribution in [0.2, 0.25) is 0 Å². The molecule has 8 heteroatoms. The Hall–Kier alpha value is -3.55. The van der Waals surface area contributed by atoms with E-state index in [1.54, 1.807) is 6.20 Å². The number of benzene rings is 1. The van der Waals surface area contributed by atoms with Crippen LogP contribution >= 0.6 is 0 Å². The van der Waals surface area contributed by atoms with Crippen LogP contribution in [0.25, 0.3) is 5.52 Å². The summed E-state index contributed by atoms with van der Waals surface area (Å²) in [5.74, 6) is 0.552. The van der Waals surface area contributed by atoms with Crippen LogP contribution in [0, 0.1) is 13.8 Å². The van der Waals surface area contributed by atoms with Gasteiger partial charge in [0.1, 0.15) is 0 Å². The van der Waals surface area contributed by atoms with Gasteiger partial charge in [0.2, 0.25) is 0 Å². The molecule has 158 valence electrons. The van der Waals surface area contributed by atoms with Crippen molar-refractivity contribution >= 4 is 34.6 Å². The Labute approximate surface area is 176 Å². The second-order valence-corrected chi connectivity index (χ2v) is 7.09. The van der Waals surface area contributed by atoms with Crippen molar-refractivity contribution in [2.75, 3.05) is 23.7 Å². The molecular weight excluding hydrogens is 380 g/mol. The number of hydrogen-bond acceptors (Lipinski definition) is 4. The Morgan fingerprint density at radius 2 is 1.93 bits per heavy atom. The van der Waals surface area contributed by atoms with Gasteiger partial charge in [0, 0.05) is 43.1 Å². The van der Waals surface area contributed by atoms with Crippen LogP contribution in [0.3, 0.4) is 0 Å². The highest BCUT2D eigenvalue weighted by molar-refractivity contribution is 5.99. The Kier molecular flexibility index (Phi) is 6.56. The van der Waals surface area contributed by atoms with E-state index in [1.165, 1.54) is 0 Å². The number of carbonyl (C=O) groups excluding carboxylic acids is 2. The summed E-state index contributed by atoms with van der Waals surface area (Å²) in [6.07, 6.45) is 6.22. The predicted molar refractivity (Wildman–Crippen MR) is 120 cm³/mol. The zero-order valence-corrected chi connectivity index (χ0v) is 17.8. The van der Waals surface area contributed by atoms with Gasteiger partial charge >= 0.3 is 6.03 Å². The molecule has 0 radical (unpaired) electrons. The first-order chi connectivity index (χ1) is 14.4. The average Bonchev–Trinajstić information content (AvgIpc) is 3.06. The van der Waals surface area contributed by atoms with Gasteiger partial charge in [-0.1, -0.05) is 13.0 Å². The second-order valence-electron chi connectivity index (χ2n) is 7.09. The molecule has 0 aliphatic rings. The number of fused-ring (bicyclic) bond motifs is 1. The van der Waals surface area contributed by atoms with Crippen molar-refractivity contribution in [3.05, 3.63) is 53.5 Å². The van der Waals surface area contributed by atoms with Gasteiger partial charge in [0.25, 0.3) is 5.91 Å². The fourth-order valence-electron chi connectivity index (χ4n) is 3.23. The lowest BCUT2D eigenvalue weighted by molar-refractivity contribution is 0.0953. The summed E-state index contributed by atoms with van der Waals surface area (Å²) in [7, 11) is 0. The molecule has 0 aliphatic carbocycles. The van der Waals surface area contributed by atoms with Crippen molar-refractivity contribution in [2.45, 2.75) is 34.1 Å². The highest BCUT2D eigenvalue weighted by Crippen LogP contribution is 2.29. The van der Waals surface area contributed by atoms with E-state index in [0.717, 1.165) is 28.8 Å². The van der Waals surface area contributed by atoms with Crippen molar-refractivity contribution in [3.63, 3.8) is 0 Å². The van der Waals surface area contributed by atoms with Crippen molar-refractivity contribution in [2.24, 2.45) is 0 Å². The quantitative estimate of drug-likeness (QED) is 0.475. The summed E-state index contributed by atoms with van der Waals surface area (Å²) in [6, 6.07) is 5.39. The number of amides is 3. The minimum atomic E-state index is -0.252. The minimum Gasteiger partial charge on any atom is -0.352 e. The Morgan fingerprint density at radius 3 is 2.67 bits per heavy atom. The molecule has 8 nitrogen and oxygen atoms in total. The van der Waals surface area contributed by atoms with E-state index < -0.39 is 0 Å². The molecule has 0 atom stereocenters. The molecule has 0 bridgehead atoms. The number of carbonyl (C=O) groups is 2. The van der Waals surface area contributed by atoms with Crippen molar-refractivity contribution in [1.82, 2.24) is 20.0 Å². The van der Waals surface area contributed by atoms with E-state index in [1.807, 2.05) is 62.7 Å². The van der Waals surface area contributed by atoms with E-state index in [2.05, 4.69) is 26.3 Å². The lowest BCUT2D eigenvalue weighted by Gasteiger charge is -2.13. The van der Waals surface area contributed by atoms with Gasteiger partial charge in [0.15, 0.2) is 5.82 Å². The lowest BCUT2D eigenvalue weighted by Crippen LogP contribution is -2.28. The normalized spacial score (nSPS) is 10.7. The van der Waals surface area contributed by atoms with E-state index >= 15 is 0 Å². The molecule has 0 fully saturated rings. The molecule has 4 N–H and O–H groups in total. The number of hydrogen-bond donors (Lipinski definition) is 4. The third-order valence-corrected chi connectivity index (χ3v) is 4.81. The molecule has 0 aliphatic heterocycles. The molecule has 3 aromatic rings. The predicted octanol–water partition coefficient (Wildman–Crippen LogP) is 3.98. The highest BCUT2D eigenvalue weighted by atomic mass is 16.2. The van der Waals surface area contributed by atoms with Gasteiger partial charge < -0.3 is 25.7 Å². The monoisotopic (exact) mass is 408 g/mol. The summed E-state index contributed by atoms with van der Waals surface area (Å²) in [5, 5.41) is 11.8. The number of urea groups is 1. The maximum absolute atomic E-state index is 12.5. The molecule has 3 rings (SSSR count). The second kappa shape index (κ2) is 9.30. The highest BCUT2D eigenvalue weighted by Gasteiger charge is 2.17. The SMILES string of the molecule is CCCNC(=O)c1cn2ccnc(Nc3cc(NC(=O)NCC)ccc3C)c2c1C.